The highest BCUT2D eigenvalue weighted by molar-refractivity contribution is 6.09. The number of hydrogen-bond donors (Lipinski definition) is 0. The first-order valence-corrected chi connectivity index (χ1v) is 10.1. The van der Waals surface area contributed by atoms with Crippen molar-refractivity contribution < 1.29 is 9.18 Å². The van der Waals surface area contributed by atoms with Gasteiger partial charge >= 0.3 is 0 Å². The summed E-state index contributed by atoms with van der Waals surface area (Å²) in [6.07, 6.45) is 1.59. The van der Waals surface area contributed by atoms with E-state index in [2.05, 4.69) is 10.1 Å². The molecule has 8 heteroatoms. The van der Waals surface area contributed by atoms with Crippen LogP contribution in [0.1, 0.15) is 5.69 Å². The lowest BCUT2D eigenvalue weighted by Crippen LogP contribution is -2.28. The van der Waals surface area contributed by atoms with Gasteiger partial charge in [-0.15, -0.1) is 0 Å². The molecule has 3 heterocycles. The fourth-order valence-corrected chi connectivity index (χ4v) is 4.04. The van der Waals surface area contributed by atoms with Crippen molar-refractivity contribution in [1.82, 2.24) is 24.2 Å². The zero-order chi connectivity index (χ0) is 22.6. The van der Waals surface area contributed by atoms with Crippen LogP contribution in [0.3, 0.4) is 0 Å². The predicted octanol–water partition coefficient (Wildman–Crippen LogP) is 3.20. The number of carbonyl (C=O) groups excluding carboxylic acids is 1. The number of halogens is 1. The van der Waals surface area contributed by atoms with Gasteiger partial charge in [0.2, 0.25) is 5.91 Å². The van der Waals surface area contributed by atoms with Crippen LogP contribution >= 0.6 is 0 Å². The second kappa shape index (κ2) is 7.26. The average molecular weight is 429 g/mol. The minimum atomic E-state index is -0.402. The molecule has 3 aromatic heterocycles. The van der Waals surface area contributed by atoms with E-state index in [9.17, 15) is 14.0 Å². The molecule has 0 unspecified atom stereocenters. The number of fused-ring (bicyclic) bond motifs is 4. The third-order valence-electron chi connectivity index (χ3n) is 5.71. The zero-order valence-electron chi connectivity index (χ0n) is 17.8. The van der Waals surface area contributed by atoms with Gasteiger partial charge in [-0.1, -0.05) is 18.2 Å². The van der Waals surface area contributed by atoms with Gasteiger partial charge in [-0.2, -0.15) is 9.78 Å². The largest absolute Gasteiger partial charge is 0.348 e. The number of carbonyl (C=O) groups is 1. The quantitative estimate of drug-likeness (QED) is 0.442. The summed E-state index contributed by atoms with van der Waals surface area (Å²) in [6.45, 7) is 0. The predicted molar refractivity (Wildman–Crippen MR) is 121 cm³/mol. The lowest BCUT2D eigenvalue weighted by atomic mass is 10.1. The van der Waals surface area contributed by atoms with Crippen LogP contribution in [0.25, 0.3) is 38.4 Å². The van der Waals surface area contributed by atoms with Gasteiger partial charge in [-0.05, 0) is 30.3 Å². The third kappa shape index (κ3) is 3.03. The Kier molecular flexibility index (Phi) is 4.51. The van der Waals surface area contributed by atoms with Crippen molar-refractivity contribution in [3.63, 3.8) is 0 Å². The first-order chi connectivity index (χ1) is 15.3. The van der Waals surface area contributed by atoms with Gasteiger partial charge in [-0.3, -0.25) is 14.6 Å². The Morgan fingerprint density at radius 3 is 2.69 bits per heavy atom. The van der Waals surface area contributed by atoms with Crippen molar-refractivity contribution in [2.24, 2.45) is 7.05 Å². The van der Waals surface area contributed by atoms with Gasteiger partial charge in [0.15, 0.2) is 0 Å². The molecule has 5 rings (SSSR count). The molecule has 0 fully saturated rings. The third-order valence-corrected chi connectivity index (χ3v) is 5.71. The molecule has 0 aliphatic heterocycles. The van der Waals surface area contributed by atoms with Crippen LogP contribution in [0.15, 0.2) is 59.5 Å². The molecule has 160 valence electrons. The minimum absolute atomic E-state index is 0.00127. The van der Waals surface area contributed by atoms with Gasteiger partial charge in [-0.25, -0.2) is 4.39 Å². The lowest BCUT2D eigenvalue weighted by molar-refractivity contribution is -0.128. The van der Waals surface area contributed by atoms with Crippen LogP contribution in [-0.2, 0) is 18.3 Å². The van der Waals surface area contributed by atoms with Crippen molar-refractivity contribution in [1.29, 1.82) is 0 Å². The van der Waals surface area contributed by atoms with E-state index in [0.29, 0.717) is 33.2 Å². The number of aromatic nitrogens is 4. The van der Waals surface area contributed by atoms with Crippen LogP contribution < -0.4 is 5.56 Å². The van der Waals surface area contributed by atoms with Crippen LogP contribution in [0, 0.1) is 5.82 Å². The highest BCUT2D eigenvalue weighted by Gasteiger charge is 2.22. The molecule has 0 spiro atoms. The Morgan fingerprint density at radius 1 is 1.12 bits per heavy atom. The van der Waals surface area contributed by atoms with Crippen LogP contribution in [0.5, 0.6) is 0 Å². The summed E-state index contributed by atoms with van der Waals surface area (Å²) in [5.41, 5.74) is 2.29. The maximum Gasteiger partial charge on any atom is 0.296 e. The summed E-state index contributed by atoms with van der Waals surface area (Å²) in [4.78, 5) is 32.1. The number of aryl methyl sites for hydroxylation is 1. The Labute approximate surface area is 182 Å². The molecular formula is C24H20FN5O2. The number of para-hydroxylation sites is 1. The van der Waals surface area contributed by atoms with Gasteiger partial charge in [0.1, 0.15) is 11.3 Å². The number of likely N-dealkylation sites (N-methyl/N-ethyl adjacent to an activating group) is 1. The number of rotatable bonds is 3. The molecule has 32 heavy (non-hydrogen) atoms. The number of nitrogens with zero attached hydrogens (tertiary/aromatic N) is 5. The normalized spacial score (nSPS) is 11.5. The molecule has 0 bridgehead atoms. The summed E-state index contributed by atoms with van der Waals surface area (Å²) in [6, 6.07) is 13.8. The van der Waals surface area contributed by atoms with E-state index in [1.165, 1.54) is 21.7 Å². The Hall–Kier alpha value is -4.07. The first kappa shape index (κ1) is 19.9. The van der Waals surface area contributed by atoms with Gasteiger partial charge in [0.05, 0.1) is 35.0 Å². The fraction of sp³-hybridized carbons (Fsp3) is 0.167. The lowest BCUT2D eigenvalue weighted by Gasteiger charge is -2.13. The maximum atomic E-state index is 14.0. The zero-order valence-corrected chi connectivity index (χ0v) is 17.8. The van der Waals surface area contributed by atoms with Crippen molar-refractivity contribution in [2.75, 3.05) is 14.1 Å². The fourth-order valence-electron chi connectivity index (χ4n) is 4.04. The van der Waals surface area contributed by atoms with Crippen LogP contribution in [0.4, 0.5) is 4.39 Å². The molecular weight excluding hydrogens is 409 g/mol. The molecule has 0 aliphatic rings. The first-order valence-electron chi connectivity index (χ1n) is 10.1. The van der Waals surface area contributed by atoms with E-state index in [-0.39, 0.29) is 17.9 Å². The summed E-state index contributed by atoms with van der Waals surface area (Å²) < 4.78 is 16.9. The number of hydrogen-bond acceptors (Lipinski definition) is 4. The number of pyridine rings is 1. The van der Waals surface area contributed by atoms with Crippen molar-refractivity contribution >= 4 is 38.6 Å². The second-order valence-corrected chi connectivity index (χ2v) is 7.96. The summed E-state index contributed by atoms with van der Waals surface area (Å²) in [7, 11) is 5.05. The van der Waals surface area contributed by atoms with E-state index in [1.54, 1.807) is 38.0 Å². The molecule has 0 saturated carbocycles. The van der Waals surface area contributed by atoms with Gasteiger partial charge < -0.3 is 9.47 Å². The number of amides is 1. The highest BCUT2D eigenvalue weighted by Crippen LogP contribution is 2.29. The molecule has 0 radical (unpaired) electrons. The standard InChI is InChI=1S/C24H20FN5O2/c1-28(2)21(31)12-19-22-17-9-8-15(25)11-20(17)29(3)23(22)24(32)30(27-19)16-10-14-6-4-5-7-18(14)26-13-16/h4-11,13H,12H2,1-3H3. The van der Waals surface area contributed by atoms with E-state index < -0.39 is 5.82 Å². The summed E-state index contributed by atoms with van der Waals surface area (Å²) >= 11 is 0. The molecule has 1 amide bonds. The Bertz CT molecular complexity index is 1600. The van der Waals surface area contributed by atoms with Crippen molar-refractivity contribution in [3.8, 4) is 5.69 Å². The molecule has 5 aromatic rings. The average Bonchev–Trinajstić information content (AvgIpc) is 3.07. The molecule has 2 aromatic carbocycles. The van der Waals surface area contributed by atoms with Crippen molar-refractivity contribution in [2.45, 2.75) is 6.42 Å². The molecule has 0 saturated heterocycles. The minimum Gasteiger partial charge on any atom is -0.348 e. The van der Waals surface area contributed by atoms with Crippen LogP contribution in [0.2, 0.25) is 0 Å². The molecule has 0 atom stereocenters. The Morgan fingerprint density at radius 2 is 1.91 bits per heavy atom. The SMILES string of the molecule is CN(C)C(=O)Cc1nn(-c2cnc3ccccc3c2)c(=O)c2c1c1ccc(F)cc1n2C. The molecule has 7 nitrogen and oxygen atoms in total. The topological polar surface area (TPSA) is 73.0 Å². The van der Waals surface area contributed by atoms with E-state index in [1.807, 2.05) is 30.3 Å². The Balaban J connectivity index is 1.87. The molecule has 0 N–H and O–H groups in total. The summed E-state index contributed by atoms with van der Waals surface area (Å²) in [5, 5.41) is 6.70. The van der Waals surface area contributed by atoms with E-state index in [4.69, 9.17) is 0 Å². The highest BCUT2D eigenvalue weighted by atomic mass is 19.1. The smallest absolute Gasteiger partial charge is 0.296 e. The van der Waals surface area contributed by atoms with E-state index >= 15 is 0 Å². The van der Waals surface area contributed by atoms with Gasteiger partial charge in [0, 0.05) is 37.3 Å². The molecule has 0 aliphatic carbocycles. The van der Waals surface area contributed by atoms with E-state index in [0.717, 1.165) is 10.9 Å². The monoisotopic (exact) mass is 429 g/mol. The van der Waals surface area contributed by atoms with Crippen molar-refractivity contribution in [3.05, 3.63) is 76.6 Å². The van der Waals surface area contributed by atoms with Gasteiger partial charge in [0.25, 0.3) is 5.56 Å². The maximum absolute atomic E-state index is 14.0. The summed E-state index contributed by atoms with van der Waals surface area (Å²) in [5.74, 6) is -0.555. The number of benzene rings is 2. The van der Waals surface area contributed by atoms with Crippen LogP contribution in [-0.4, -0.2) is 44.2 Å². The second-order valence-electron chi connectivity index (χ2n) is 7.96.